The molecular weight excluding hydrogens is 284 g/mol. The molecule has 1 aromatic carbocycles. The number of nitrogens with zero attached hydrogens (tertiary/aromatic N) is 1. The molecule has 0 amide bonds. The second kappa shape index (κ2) is 5.69. The minimum atomic E-state index is -3.58. The smallest absolute Gasteiger partial charge is 0.246 e. The highest BCUT2D eigenvalue weighted by molar-refractivity contribution is 7.89. The van der Waals surface area contributed by atoms with Crippen molar-refractivity contribution in [3.63, 3.8) is 0 Å². The van der Waals surface area contributed by atoms with Crippen molar-refractivity contribution in [2.45, 2.75) is 31.1 Å². The van der Waals surface area contributed by atoms with Crippen LogP contribution in [0.15, 0.2) is 23.1 Å². The van der Waals surface area contributed by atoms with Crippen molar-refractivity contribution in [3.05, 3.63) is 23.2 Å². The molecule has 19 heavy (non-hydrogen) atoms. The third-order valence-corrected chi connectivity index (χ3v) is 6.19. The summed E-state index contributed by atoms with van der Waals surface area (Å²) in [5.74, 6) is 0.620. The van der Waals surface area contributed by atoms with Crippen molar-refractivity contribution in [2.24, 2.45) is 5.92 Å². The Morgan fingerprint density at radius 2 is 2.00 bits per heavy atom. The van der Waals surface area contributed by atoms with Gasteiger partial charge in [-0.1, -0.05) is 31.0 Å². The lowest BCUT2D eigenvalue weighted by molar-refractivity contribution is 0.269. The molecule has 0 radical (unpaired) electrons. The first kappa shape index (κ1) is 14.6. The molecule has 4 nitrogen and oxygen atoms in total. The van der Waals surface area contributed by atoms with Crippen LogP contribution < -0.4 is 5.73 Å². The van der Waals surface area contributed by atoms with Gasteiger partial charge < -0.3 is 5.73 Å². The Morgan fingerprint density at radius 1 is 1.37 bits per heavy atom. The Hall–Kier alpha value is -0.780. The third-order valence-electron chi connectivity index (χ3n) is 3.75. The summed E-state index contributed by atoms with van der Waals surface area (Å²) >= 11 is 6.00. The average Bonchev–Trinajstić information content (AvgIpc) is 2.38. The summed E-state index contributed by atoms with van der Waals surface area (Å²) in [6, 6.07) is 4.78. The van der Waals surface area contributed by atoms with Gasteiger partial charge in [-0.2, -0.15) is 4.31 Å². The molecule has 1 fully saturated rings. The summed E-state index contributed by atoms with van der Waals surface area (Å²) in [6.45, 7) is 3.23. The SMILES string of the molecule is CCC1CCN(S(=O)(=O)c2c(N)cccc2Cl)CC1. The Morgan fingerprint density at radius 3 is 2.53 bits per heavy atom. The van der Waals surface area contributed by atoms with Crippen LogP contribution in [-0.4, -0.2) is 25.8 Å². The maximum absolute atomic E-state index is 12.6. The Labute approximate surface area is 119 Å². The standard InChI is InChI=1S/C13H19ClN2O2S/c1-2-10-6-8-16(9-7-10)19(17,18)13-11(14)4-3-5-12(13)15/h3-5,10H,2,6-9,15H2,1H3. The summed E-state index contributed by atoms with van der Waals surface area (Å²) < 4.78 is 26.7. The molecule has 2 N–H and O–H groups in total. The number of hydrogen-bond donors (Lipinski definition) is 1. The molecule has 2 rings (SSSR count). The number of nitrogens with two attached hydrogens (primary N) is 1. The van der Waals surface area contributed by atoms with E-state index >= 15 is 0 Å². The molecule has 1 aromatic rings. The molecule has 106 valence electrons. The van der Waals surface area contributed by atoms with E-state index in [1.54, 1.807) is 18.2 Å². The van der Waals surface area contributed by atoms with Crippen LogP contribution in [0.5, 0.6) is 0 Å². The summed E-state index contributed by atoms with van der Waals surface area (Å²) in [5.41, 5.74) is 5.99. The van der Waals surface area contributed by atoms with Crippen LogP contribution in [0.4, 0.5) is 5.69 Å². The van der Waals surface area contributed by atoms with Crippen molar-refractivity contribution in [1.29, 1.82) is 0 Å². The predicted octanol–water partition coefficient (Wildman–Crippen LogP) is 2.73. The molecule has 0 atom stereocenters. The Balaban J connectivity index is 2.29. The number of sulfonamides is 1. The maximum atomic E-state index is 12.6. The molecule has 6 heteroatoms. The van der Waals surface area contributed by atoms with Gasteiger partial charge in [-0.25, -0.2) is 8.42 Å². The number of hydrogen-bond acceptors (Lipinski definition) is 3. The third kappa shape index (κ3) is 2.88. The monoisotopic (exact) mass is 302 g/mol. The van der Waals surface area contributed by atoms with Crippen LogP contribution in [0.3, 0.4) is 0 Å². The minimum absolute atomic E-state index is 0.0478. The van der Waals surface area contributed by atoms with Crippen LogP contribution >= 0.6 is 11.6 Å². The van der Waals surface area contributed by atoms with Crippen LogP contribution in [0, 0.1) is 5.92 Å². The van der Waals surface area contributed by atoms with Crippen molar-refractivity contribution >= 4 is 27.3 Å². The van der Waals surface area contributed by atoms with Gasteiger partial charge in [-0.05, 0) is 30.9 Å². The highest BCUT2D eigenvalue weighted by Gasteiger charge is 2.31. The van der Waals surface area contributed by atoms with Gasteiger partial charge in [0.15, 0.2) is 0 Å². The molecule has 1 aliphatic heterocycles. The first-order valence-corrected chi connectivity index (χ1v) is 8.32. The highest BCUT2D eigenvalue weighted by atomic mass is 35.5. The van der Waals surface area contributed by atoms with Gasteiger partial charge in [0.2, 0.25) is 10.0 Å². The fraction of sp³-hybridized carbons (Fsp3) is 0.538. The van der Waals surface area contributed by atoms with Gasteiger partial charge in [-0.15, -0.1) is 0 Å². The predicted molar refractivity (Wildman–Crippen MR) is 77.6 cm³/mol. The van der Waals surface area contributed by atoms with E-state index in [1.165, 1.54) is 4.31 Å². The minimum Gasteiger partial charge on any atom is -0.398 e. The quantitative estimate of drug-likeness (QED) is 0.873. The topological polar surface area (TPSA) is 63.4 Å². The van der Waals surface area contributed by atoms with Gasteiger partial charge in [0.05, 0.1) is 10.7 Å². The zero-order valence-electron chi connectivity index (χ0n) is 11.0. The van der Waals surface area contributed by atoms with Crippen LogP contribution in [0.1, 0.15) is 26.2 Å². The summed E-state index contributed by atoms with van der Waals surface area (Å²) in [5, 5.41) is 0.192. The summed E-state index contributed by atoms with van der Waals surface area (Å²) in [4.78, 5) is 0.0478. The van der Waals surface area contributed by atoms with Crippen molar-refractivity contribution < 1.29 is 8.42 Å². The highest BCUT2D eigenvalue weighted by Crippen LogP contribution is 2.32. The molecule has 1 saturated heterocycles. The molecule has 0 unspecified atom stereocenters. The second-order valence-corrected chi connectivity index (χ2v) is 7.20. The fourth-order valence-corrected chi connectivity index (χ4v) is 4.59. The van der Waals surface area contributed by atoms with Gasteiger partial charge in [0.25, 0.3) is 0 Å². The molecule has 0 aromatic heterocycles. The number of piperidine rings is 1. The zero-order valence-corrected chi connectivity index (χ0v) is 12.5. The van der Waals surface area contributed by atoms with E-state index in [2.05, 4.69) is 6.92 Å². The van der Waals surface area contributed by atoms with Crippen LogP contribution in [-0.2, 0) is 10.0 Å². The summed E-state index contributed by atoms with van der Waals surface area (Å²) in [7, 11) is -3.58. The number of anilines is 1. The van der Waals surface area contributed by atoms with E-state index in [0.717, 1.165) is 19.3 Å². The summed E-state index contributed by atoms with van der Waals surface area (Å²) in [6.07, 6.45) is 2.91. The molecule has 0 spiro atoms. The van der Waals surface area contributed by atoms with E-state index in [9.17, 15) is 8.42 Å². The van der Waals surface area contributed by atoms with Crippen molar-refractivity contribution in [3.8, 4) is 0 Å². The first-order valence-electron chi connectivity index (χ1n) is 6.51. The lowest BCUT2D eigenvalue weighted by Crippen LogP contribution is -2.38. The molecule has 1 heterocycles. The van der Waals surface area contributed by atoms with Crippen molar-refractivity contribution in [1.82, 2.24) is 4.31 Å². The number of halogens is 1. The van der Waals surface area contributed by atoms with E-state index in [-0.39, 0.29) is 15.6 Å². The molecule has 0 bridgehead atoms. The number of rotatable bonds is 3. The Bertz CT molecular complexity index is 532. The normalized spacial score (nSPS) is 18.6. The molecular formula is C13H19ClN2O2S. The molecule has 1 aliphatic rings. The largest absolute Gasteiger partial charge is 0.398 e. The van der Waals surface area contributed by atoms with Crippen molar-refractivity contribution in [2.75, 3.05) is 18.8 Å². The van der Waals surface area contributed by atoms with Crippen LogP contribution in [0.2, 0.25) is 5.02 Å². The average molecular weight is 303 g/mol. The van der Waals surface area contributed by atoms with Crippen LogP contribution in [0.25, 0.3) is 0 Å². The van der Waals surface area contributed by atoms with E-state index < -0.39 is 10.0 Å². The Kier molecular flexibility index (Phi) is 4.38. The molecule has 0 saturated carbocycles. The van der Waals surface area contributed by atoms with E-state index in [4.69, 9.17) is 17.3 Å². The second-order valence-electron chi connectivity index (χ2n) is 4.91. The lowest BCUT2D eigenvalue weighted by Gasteiger charge is -2.31. The number of nitrogen functional groups attached to an aromatic ring is 1. The van der Waals surface area contributed by atoms with Gasteiger partial charge >= 0.3 is 0 Å². The first-order chi connectivity index (χ1) is 8.96. The lowest BCUT2D eigenvalue weighted by atomic mass is 9.96. The number of benzene rings is 1. The maximum Gasteiger partial charge on any atom is 0.246 e. The van der Waals surface area contributed by atoms with E-state index in [1.807, 2.05) is 0 Å². The van der Waals surface area contributed by atoms with E-state index in [0.29, 0.717) is 19.0 Å². The van der Waals surface area contributed by atoms with Gasteiger partial charge in [-0.3, -0.25) is 0 Å². The fourth-order valence-electron chi connectivity index (χ4n) is 2.48. The molecule has 0 aliphatic carbocycles. The zero-order chi connectivity index (χ0) is 14.0. The van der Waals surface area contributed by atoms with Gasteiger partial charge in [0.1, 0.15) is 4.90 Å². The van der Waals surface area contributed by atoms with Gasteiger partial charge in [0, 0.05) is 13.1 Å².